The first kappa shape index (κ1) is 9.78. The Balaban J connectivity index is 0.000000640. The normalized spacial score (nSPS) is 26.3. The van der Waals surface area contributed by atoms with Gasteiger partial charge in [-0.25, -0.2) is 0 Å². The molecule has 0 aromatic carbocycles. The van der Waals surface area contributed by atoms with Crippen LogP contribution in [0.2, 0.25) is 0 Å². The predicted molar refractivity (Wildman–Crippen MR) is 52.0 cm³/mol. The van der Waals surface area contributed by atoms with Crippen LogP contribution in [0.3, 0.4) is 0 Å². The van der Waals surface area contributed by atoms with Gasteiger partial charge in [0.1, 0.15) is 0 Å². The minimum absolute atomic E-state index is 0. The first-order valence-corrected chi connectivity index (χ1v) is 4.26. The van der Waals surface area contributed by atoms with E-state index in [9.17, 15) is 0 Å². The second-order valence-corrected chi connectivity index (χ2v) is 3.92. The third-order valence-electron chi connectivity index (χ3n) is 0.857. The minimum atomic E-state index is 0. The van der Waals surface area contributed by atoms with E-state index in [-0.39, 0.29) is 17.0 Å². The fraction of sp³-hybridized carbons (Fsp3) is 0.750. The molecule has 0 aromatic rings. The zero-order valence-electron chi connectivity index (χ0n) is 4.71. The molecule has 0 bridgehead atoms. The van der Waals surface area contributed by atoms with Crippen LogP contribution in [0.25, 0.3) is 0 Å². The van der Waals surface area contributed by atoms with E-state index in [4.69, 9.17) is 5.73 Å². The molecule has 5 heteroatoms. The molecule has 2 N–H and O–H groups in total. The Bertz CT molecular complexity index is 117. The number of thioether (sulfide) groups is 1. The number of hydrogen-bond donors (Lipinski definition) is 1. The molecule has 1 heterocycles. The Labute approximate surface area is 77.6 Å². The highest BCUT2D eigenvalue weighted by Crippen LogP contribution is 2.14. The maximum absolute atomic E-state index is 5.39. The van der Waals surface area contributed by atoms with Gasteiger partial charge in [-0.1, -0.05) is 27.7 Å². The molecule has 0 saturated carbocycles. The Morgan fingerprint density at radius 1 is 1.78 bits per heavy atom. The van der Waals surface area contributed by atoms with Gasteiger partial charge in [0, 0.05) is 10.6 Å². The lowest BCUT2D eigenvalue weighted by molar-refractivity contribution is 0.970. The van der Waals surface area contributed by atoms with Crippen LogP contribution < -0.4 is 5.73 Å². The highest BCUT2D eigenvalue weighted by Gasteiger charge is 2.09. The molecule has 0 aromatic heterocycles. The summed E-state index contributed by atoms with van der Waals surface area (Å²) in [7, 11) is 0. The van der Waals surface area contributed by atoms with Crippen molar-refractivity contribution in [3.05, 3.63) is 0 Å². The lowest BCUT2D eigenvalue weighted by Crippen LogP contribution is -2.20. The number of rotatable bonds is 0. The smallest absolute Gasteiger partial charge is 0.153 e. The fourth-order valence-corrected chi connectivity index (χ4v) is 1.63. The van der Waals surface area contributed by atoms with Gasteiger partial charge in [0.15, 0.2) is 5.17 Å². The van der Waals surface area contributed by atoms with E-state index in [1.54, 1.807) is 11.8 Å². The Morgan fingerprint density at radius 3 is 2.78 bits per heavy atom. The van der Waals surface area contributed by atoms with Gasteiger partial charge in [-0.15, -0.1) is 17.0 Å². The van der Waals surface area contributed by atoms with Crippen LogP contribution in [0.5, 0.6) is 0 Å². The molecule has 1 aliphatic heterocycles. The summed E-state index contributed by atoms with van der Waals surface area (Å²) >= 11 is 5.04. The van der Waals surface area contributed by atoms with E-state index < -0.39 is 0 Å². The lowest BCUT2D eigenvalue weighted by atomic mass is 10.5. The lowest BCUT2D eigenvalue weighted by Gasteiger charge is -2.11. The van der Waals surface area contributed by atoms with E-state index >= 15 is 0 Å². The Morgan fingerprint density at radius 2 is 2.44 bits per heavy atom. The second kappa shape index (κ2) is 4.57. The first-order valence-electron chi connectivity index (χ1n) is 2.36. The van der Waals surface area contributed by atoms with Crippen LogP contribution in [0.1, 0.15) is 0 Å². The largest absolute Gasteiger partial charge is 0.379 e. The van der Waals surface area contributed by atoms with E-state index in [2.05, 4.69) is 20.9 Å². The van der Waals surface area contributed by atoms with Crippen LogP contribution in [-0.2, 0) is 0 Å². The molecule has 0 spiro atoms. The third-order valence-corrected chi connectivity index (χ3v) is 2.89. The average molecular weight is 276 g/mol. The van der Waals surface area contributed by atoms with Gasteiger partial charge in [0.2, 0.25) is 0 Å². The molecule has 1 atom stereocenters. The van der Waals surface area contributed by atoms with E-state index in [0.717, 1.165) is 17.5 Å². The quantitative estimate of drug-likeness (QED) is 0.679. The number of alkyl halides is 1. The monoisotopic (exact) mass is 274 g/mol. The van der Waals surface area contributed by atoms with Crippen LogP contribution in [0.4, 0.5) is 0 Å². The van der Waals surface area contributed by atoms with Gasteiger partial charge in [0.25, 0.3) is 0 Å². The van der Waals surface area contributed by atoms with Gasteiger partial charge in [-0.2, -0.15) is 0 Å². The van der Waals surface area contributed by atoms with Crippen molar-refractivity contribution in [2.75, 3.05) is 12.3 Å². The summed E-state index contributed by atoms with van der Waals surface area (Å²) in [6.45, 7) is 0.832. The maximum atomic E-state index is 5.39. The van der Waals surface area contributed by atoms with Gasteiger partial charge in [-0.3, -0.25) is 4.99 Å². The molecule has 1 aliphatic rings. The Kier molecular flexibility index (Phi) is 4.97. The summed E-state index contributed by atoms with van der Waals surface area (Å²) in [6.07, 6.45) is 0. The molecule has 1 rings (SSSR count). The van der Waals surface area contributed by atoms with Gasteiger partial charge in [-0.05, 0) is 0 Å². The standard InChI is InChI=1S/C4H7BrN2S.BrH/c5-3-1-7-4(6)8-2-3;/h3H,1-2H2,(H2,6,7);1H. The van der Waals surface area contributed by atoms with E-state index in [1.807, 2.05) is 0 Å². The highest BCUT2D eigenvalue weighted by molar-refractivity contribution is 9.09. The third kappa shape index (κ3) is 3.47. The molecule has 2 nitrogen and oxygen atoms in total. The van der Waals surface area contributed by atoms with Gasteiger partial charge >= 0.3 is 0 Å². The summed E-state index contributed by atoms with van der Waals surface area (Å²) in [4.78, 5) is 4.55. The summed E-state index contributed by atoms with van der Waals surface area (Å²) in [5.41, 5.74) is 5.39. The zero-order valence-corrected chi connectivity index (χ0v) is 8.83. The van der Waals surface area contributed by atoms with Crippen LogP contribution in [-0.4, -0.2) is 22.3 Å². The molecular formula is C4H8Br2N2S. The summed E-state index contributed by atoms with van der Waals surface area (Å²) in [6, 6.07) is 0. The summed E-state index contributed by atoms with van der Waals surface area (Å²) in [5.74, 6) is 1.05. The topological polar surface area (TPSA) is 38.4 Å². The van der Waals surface area contributed by atoms with Crippen LogP contribution in [0.15, 0.2) is 4.99 Å². The first-order chi connectivity index (χ1) is 3.79. The molecule has 0 amide bonds. The predicted octanol–water partition coefficient (Wildman–Crippen LogP) is 1.39. The van der Waals surface area contributed by atoms with Crippen LogP contribution >= 0.6 is 44.7 Å². The van der Waals surface area contributed by atoms with Crippen molar-refractivity contribution < 1.29 is 0 Å². The van der Waals surface area contributed by atoms with Crippen molar-refractivity contribution >= 4 is 49.8 Å². The molecule has 1 unspecified atom stereocenters. The Hall–Kier alpha value is 0.780. The fourth-order valence-electron chi connectivity index (χ4n) is 0.463. The molecule has 0 fully saturated rings. The number of amidine groups is 1. The molecule has 0 saturated heterocycles. The van der Waals surface area contributed by atoms with Crippen molar-refractivity contribution in [3.63, 3.8) is 0 Å². The highest BCUT2D eigenvalue weighted by atomic mass is 79.9. The number of aliphatic imine (C=N–C) groups is 1. The number of nitrogens with zero attached hydrogens (tertiary/aromatic N) is 1. The van der Waals surface area contributed by atoms with E-state index in [0.29, 0.717) is 4.83 Å². The van der Waals surface area contributed by atoms with Gasteiger partial charge in [0.05, 0.1) is 6.54 Å². The van der Waals surface area contributed by atoms with Crippen LogP contribution in [0, 0.1) is 0 Å². The molecule has 9 heavy (non-hydrogen) atoms. The zero-order chi connectivity index (χ0) is 5.98. The van der Waals surface area contributed by atoms with Crippen molar-refractivity contribution in [3.8, 4) is 0 Å². The van der Waals surface area contributed by atoms with Gasteiger partial charge < -0.3 is 5.73 Å². The minimum Gasteiger partial charge on any atom is -0.379 e. The second-order valence-electron chi connectivity index (χ2n) is 1.59. The SMILES string of the molecule is Br.NC1=NCC(Br)CS1. The van der Waals surface area contributed by atoms with Crippen molar-refractivity contribution in [1.82, 2.24) is 0 Å². The van der Waals surface area contributed by atoms with Crippen molar-refractivity contribution in [2.24, 2.45) is 10.7 Å². The molecule has 0 radical (unpaired) electrons. The van der Waals surface area contributed by atoms with Crippen molar-refractivity contribution in [2.45, 2.75) is 4.83 Å². The number of halogens is 2. The maximum Gasteiger partial charge on any atom is 0.153 e. The molecule has 54 valence electrons. The average Bonchev–Trinajstić information content (AvgIpc) is 1.77. The van der Waals surface area contributed by atoms with Crippen molar-refractivity contribution in [1.29, 1.82) is 0 Å². The van der Waals surface area contributed by atoms with E-state index in [1.165, 1.54) is 0 Å². The summed E-state index contributed by atoms with van der Waals surface area (Å²) in [5, 5.41) is 0.723. The number of nitrogens with two attached hydrogens (primary N) is 1. The summed E-state index contributed by atoms with van der Waals surface area (Å²) < 4.78 is 0. The molecular weight excluding hydrogens is 268 g/mol. The number of hydrogen-bond acceptors (Lipinski definition) is 3. The molecule has 0 aliphatic carbocycles.